The number of ether oxygens (including phenoxy) is 1. The van der Waals surface area contributed by atoms with Crippen LogP contribution in [0, 0.1) is 19.3 Å². The van der Waals surface area contributed by atoms with Crippen molar-refractivity contribution in [3.8, 4) is 0 Å². The number of amides is 1. The topological polar surface area (TPSA) is 43.6 Å². The third-order valence-corrected chi connectivity index (χ3v) is 4.66. The largest absolute Gasteiger partial charge is 0.383 e. The van der Waals surface area contributed by atoms with Gasteiger partial charge in [-0.25, -0.2) is 0 Å². The summed E-state index contributed by atoms with van der Waals surface area (Å²) in [7, 11) is 1.68. The van der Waals surface area contributed by atoms with E-state index in [1.807, 2.05) is 20.8 Å². The van der Waals surface area contributed by atoms with Crippen molar-refractivity contribution < 1.29 is 9.53 Å². The van der Waals surface area contributed by atoms with Gasteiger partial charge in [0.15, 0.2) is 4.80 Å². The second-order valence-corrected chi connectivity index (χ2v) is 6.51. The molecule has 5 heteroatoms. The van der Waals surface area contributed by atoms with Gasteiger partial charge in [-0.05, 0) is 20.3 Å². The molecule has 0 aliphatic rings. The molecule has 0 atom stereocenters. The number of aryl methyl sites for hydroxylation is 1. The van der Waals surface area contributed by atoms with Crippen molar-refractivity contribution in [2.75, 3.05) is 13.7 Å². The van der Waals surface area contributed by atoms with Gasteiger partial charge in [0, 0.05) is 29.6 Å². The lowest BCUT2D eigenvalue weighted by molar-refractivity contribution is -0.126. The Morgan fingerprint density at radius 1 is 1.42 bits per heavy atom. The molecule has 0 N–H and O–H groups in total. The first kappa shape index (κ1) is 16.1. The Hall–Kier alpha value is -0.940. The summed E-state index contributed by atoms with van der Waals surface area (Å²) in [6.45, 7) is 11.3. The molecule has 0 saturated heterocycles. The van der Waals surface area contributed by atoms with Crippen molar-refractivity contribution in [1.29, 1.82) is 0 Å². The number of hydrogen-bond donors (Lipinski definition) is 0. The van der Waals surface area contributed by atoms with Crippen LogP contribution in [0.2, 0.25) is 0 Å². The van der Waals surface area contributed by atoms with Gasteiger partial charge in [0.05, 0.1) is 6.61 Å². The minimum absolute atomic E-state index is 0.0533. The highest BCUT2D eigenvalue weighted by molar-refractivity contribution is 7.09. The summed E-state index contributed by atoms with van der Waals surface area (Å²) < 4.78 is 7.18. The van der Waals surface area contributed by atoms with Crippen LogP contribution in [0.1, 0.15) is 37.8 Å². The van der Waals surface area contributed by atoms with E-state index in [2.05, 4.69) is 23.4 Å². The van der Waals surface area contributed by atoms with Crippen LogP contribution in [0.3, 0.4) is 0 Å². The molecule has 108 valence electrons. The number of methoxy groups -OCH3 is 1. The van der Waals surface area contributed by atoms with Gasteiger partial charge in [-0.3, -0.25) is 4.79 Å². The number of nitrogens with zero attached hydrogens (tertiary/aromatic N) is 2. The second-order valence-electron chi connectivity index (χ2n) is 5.33. The lowest BCUT2D eigenvalue weighted by atomic mass is 9.90. The molecule has 0 aromatic carbocycles. The van der Waals surface area contributed by atoms with Crippen LogP contribution in [0.25, 0.3) is 0 Å². The Morgan fingerprint density at radius 2 is 2.05 bits per heavy atom. The summed E-state index contributed by atoms with van der Waals surface area (Å²) >= 11 is 1.57. The highest BCUT2D eigenvalue weighted by atomic mass is 32.1. The zero-order valence-corrected chi connectivity index (χ0v) is 13.6. The molecule has 19 heavy (non-hydrogen) atoms. The fraction of sp³-hybridized carbons (Fsp3) is 0.714. The number of hydrogen-bond acceptors (Lipinski definition) is 3. The van der Waals surface area contributed by atoms with E-state index in [1.54, 1.807) is 18.4 Å². The summed E-state index contributed by atoms with van der Waals surface area (Å²) in [5, 5.41) is 0. The molecule has 1 aromatic heterocycles. The average Bonchev–Trinajstić information content (AvgIpc) is 2.62. The number of carbonyl (C=O) groups is 1. The van der Waals surface area contributed by atoms with Crippen LogP contribution in [-0.4, -0.2) is 24.2 Å². The maximum absolute atomic E-state index is 12.2. The van der Waals surface area contributed by atoms with E-state index >= 15 is 0 Å². The van der Waals surface area contributed by atoms with E-state index in [4.69, 9.17) is 4.74 Å². The third-order valence-electron chi connectivity index (χ3n) is 3.57. The molecule has 1 aromatic rings. The standard InChI is InChI=1S/C14H24N2O2S/c1-7-14(4,5)12(17)15-13-16(8-9-18-6)10(2)11(3)19-13/h7-9H2,1-6H3/b15-13-. The number of aromatic nitrogens is 1. The zero-order chi connectivity index (χ0) is 14.6. The maximum Gasteiger partial charge on any atom is 0.253 e. The van der Waals surface area contributed by atoms with Gasteiger partial charge >= 0.3 is 0 Å². The molecule has 0 spiro atoms. The summed E-state index contributed by atoms with van der Waals surface area (Å²) in [5.41, 5.74) is 0.758. The van der Waals surface area contributed by atoms with Crippen LogP contribution < -0.4 is 4.80 Å². The SMILES string of the molecule is CCC(C)(C)C(=O)/N=c1\sc(C)c(C)n1CCOC. The smallest absolute Gasteiger partial charge is 0.253 e. The van der Waals surface area contributed by atoms with Crippen LogP contribution in [0.4, 0.5) is 0 Å². The fourth-order valence-electron chi connectivity index (χ4n) is 1.52. The molecule has 4 nitrogen and oxygen atoms in total. The Labute approximate surface area is 119 Å². The highest BCUT2D eigenvalue weighted by Crippen LogP contribution is 2.21. The molecular formula is C14H24N2O2S. The number of carbonyl (C=O) groups excluding carboxylic acids is 1. The van der Waals surface area contributed by atoms with E-state index in [-0.39, 0.29) is 5.91 Å². The molecule has 1 amide bonds. The molecule has 0 aliphatic carbocycles. The van der Waals surface area contributed by atoms with Gasteiger partial charge in [0.1, 0.15) is 0 Å². The van der Waals surface area contributed by atoms with Crippen molar-refractivity contribution in [2.45, 2.75) is 47.6 Å². The van der Waals surface area contributed by atoms with Gasteiger partial charge in [-0.1, -0.05) is 20.8 Å². The van der Waals surface area contributed by atoms with Crippen LogP contribution >= 0.6 is 11.3 Å². The highest BCUT2D eigenvalue weighted by Gasteiger charge is 2.25. The molecule has 1 heterocycles. The number of rotatable bonds is 5. The lowest BCUT2D eigenvalue weighted by Gasteiger charge is -2.16. The predicted molar refractivity (Wildman–Crippen MR) is 78.3 cm³/mol. The van der Waals surface area contributed by atoms with Crippen molar-refractivity contribution in [2.24, 2.45) is 10.4 Å². The van der Waals surface area contributed by atoms with E-state index < -0.39 is 5.41 Å². The fourth-order valence-corrected chi connectivity index (χ4v) is 2.52. The Bertz CT molecular complexity index is 512. The first-order valence-corrected chi connectivity index (χ1v) is 7.40. The first-order valence-electron chi connectivity index (χ1n) is 6.58. The molecule has 0 bridgehead atoms. The normalized spacial score (nSPS) is 13.1. The summed E-state index contributed by atoms with van der Waals surface area (Å²) in [5.74, 6) is -0.0533. The second kappa shape index (κ2) is 6.48. The maximum atomic E-state index is 12.2. The van der Waals surface area contributed by atoms with E-state index in [1.165, 1.54) is 4.88 Å². The minimum atomic E-state index is -0.398. The Kier molecular flexibility index (Phi) is 5.50. The van der Waals surface area contributed by atoms with Crippen molar-refractivity contribution in [3.05, 3.63) is 15.4 Å². The van der Waals surface area contributed by atoms with Crippen LogP contribution in [0.5, 0.6) is 0 Å². The van der Waals surface area contributed by atoms with Gasteiger partial charge in [-0.15, -0.1) is 11.3 Å². The van der Waals surface area contributed by atoms with E-state index in [0.717, 1.165) is 23.5 Å². The van der Waals surface area contributed by atoms with Crippen molar-refractivity contribution in [1.82, 2.24) is 4.57 Å². The minimum Gasteiger partial charge on any atom is -0.383 e. The molecule has 0 saturated carbocycles. The van der Waals surface area contributed by atoms with Crippen LogP contribution in [0.15, 0.2) is 4.99 Å². The molecule has 0 fully saturated rings. The van der Waals surface area contributed by atoms with Crippen LogP contribution in [-0.2, 0) is 16.1 Å². The first-order chi connectivity index (χ1) is 8.83. The zero-order valence-electron chi connectivity index (χ0n) is 12.7. The Balaban J connectivity index is 3.19. The molecule has 0 radical (unpaired) electrons. The number of thiazole rings is 1. The summed E-state index contributed by atoms with van der Waals surface area (Å²) in [6.07, 6.45) is 0.788. The van der Waals surface area contributed by atoms with Gasteiger partial charge < -0.3 is 9.30 Å². The summed E-state index contributed by atoms with van der Waals surface area (Å²) in [6, 6.07) is 0. The lowest BCUT2D eigenvalue weighted by Crippen LogP contribution is -2.26. The average molecular weight is 284 g/mol. The van der Waals surface area contributed by atoms with Crippen molar-refractivity contribution >= 4 is 17.2 Å². The Morgan fingerprint density at radius 3 is 2.58 bits per heavy atom. The predicted octanol–water partition coefficient (Wildman–Crippen LogP) is 2.68. The van der Waals surface area contributed by atoms with Gasteiger partial charge in [0.2, 0.25) is 0 Å². The van der Waals surface area contributed by atoms with Crippen molar-refractivity contribution in [3.63, 3.8) is 0 Å². The molecule has 0 unspecified atom stereocenters. The quantitative estimate of drug-likeness (QED) is 0.834. The molecule has 1 rings (SSSR count). The van der Waals surface area contributed by atoms with Gasteiger partial charge in [-0.2, -0.15) is 4.99 Å². The van der Waals surface area contributed by atoms with E-state index in [0.29, 0.717) is 6.61 Å². The van der Waals surface area contributed by atoms with Gasteiger partial charge in [0.25, 0.3) is 5.91 Å². The molecule has 0 aliphatic heterocycles. The van der Waals surface area contributed by atoms with E-state index in [9.17, 15) is 4.79 Å². The summed E-state index contributed by atoms with van der Waals surface area (Å²) in [4.78, 5) is 18.5. The third kappa shape index (κ3) is 3.76. The molecular weight excluding hydrogens is 260 g/mol. The monoisotopic (exact) mass is 284 g/mol.